The van der Waals surface area contributed by atoms with Gasteiger partial charge >= 0.3 is 0 Å². The quantitative estimate of drug-likeness (QED) is 0.170. The molecule has 0 N–H and O–H groups in total. The summed E-state index contributed by atoms with van der Waals surface area (Å²) in [6.45, 7) is 0. The molecule has 12 rings (SSSR count). The summed E-state index contributed by atoms with van der Waals surface area (Å²) >= 11 is 0. The molecule has 0 aliphatic rings. The zero-order chi connectivity index (χ0) is 36.7. The van der Waals surface area contributed by atoms with Gasteiger partial charge in [0, 0.05) is 56.1 Å². The molecule has 12 aromatic rings. The molecule has 56 heavy (non-hydrogen) atoms. The molecule has 0 aliphatic heterocycles. The summed E-state index contributed by atoms with van der Waals surface area (Å²) in [5.74, 6) is 0. The molecular weight excluding hydrogens is 681 g/mol. The van der Waals surface area contributed by atoms with Gasteiger partial charge in [-0.25, -0.2) is 0 Å². The predicted molar refractivity (Wildman–Crippen MR) is 234 cm³/mol. The molecule has 0 amide bonds. The third-order valence-corrected chi connectivity index (χ3v) is 11.6. The Morgan fingerprint density at radius 1 is 0.268 bits per heavy atom. The van der Waals surface area contributed by atoms with Gasteiger partial charge in [-0.15, -0.1) is 0 Å². The Labute approximate surface area is 322 Å². The fraction of sp³-hybridized carbons (Fsp3) is 0. The minimum Gasteiger partial charge on any atom is -0.309 e. The normalized spacial score (nSPS) is 11.9. The Hall–Kier alpha value is -7.56. The SMILES string of the molecule is c1ccc(-n2c3ccccc3c3cc(-c4ccc5c(c4)c4ccccc4n5-c4cccc(-c5ccc6c7ccccc7c7nccnc7c6c5)c4)ccc32)cc1. The minimum atomic E-state index is 0.929. The standard InChI is InChI=1S/C52H32N4/c1-2-12-37(13-3-1)55-47-19-8-6-16-41(47)44-30-35(22-25-49(44)55)36-23-26-50-45(31-36)42-17-7-9-20-48(42)56(50)38-14-10-11-33(29-38)34-21-24-40-39-15-4-5-18-43(39)51-52(46(40)32-34)54-28-27-53-51/h1-32H. The van der Waals surface area contributed by atoms with Crippen molar-refractivity contribution in [3.63, 3.8) is 0 Å². The van der Waals surface area contributed by atoms with E-state index in [1.54, 1.807) is 12.4 Å². The molecule has 0 atom stereocenters. The Bertz CT molecular complexity index is 3500. The zero-order valence-corrected chi connectivity index (χ0v) is 30.3. The fourth-order valence-electron chi connectivity index (χ4n) is 9.07. The van der Waals surface area contributed by atoms with Gasteiger partial charge in [0.05, 0.1) is 33.1 Å². The monoisotopic (exact) mass is 712 g/mol. The highest BCUT2D eigenvalue weighted by Gasteiger charge is 2.17. The van der Waals surface area contributed by atoms with E-state index in [0.717, 1.165) is 38.6 Å². The first kappa shape index (κ1) is 30.9. The largest absolute Gasteiger partial charge is 0.309 e. The summed E-state index contributed by atoms with van der Waals surface area (Å²) in [5, 5.41) is 9.60. The number of benzene rings is 9. The number of para-hydroxylation sites is 3. The number of aromatic nitrogens is 4. The van der Waals surface area contributed by atoms with Crippen LogP contribution in [0.3, 0.4) is 0 Å². The van der Waals surface area contributed by atoms with Crippen molar-refractivity contribution in [2.75, 3.05) is 0 Å². The lowest BCUT2D eigenvalue weighted by Gasteiger charge is -2.13. The highest BCUT2D eigenvalue weighted by Crippen LogP contribution is 2.40. The van der Waals surface area contributed by atoms with Crippen LogP contribution in [0.25, 0.3) is 110 Å². The second-order valence-corrected chi connectivity index (χ2v) is 14.6. The van der Waals surface area contributed by atoms with Crippen LogP contribution >= 0.6 is 0 Å². The molecule has 0 spiro atoms. The van der Waals surface area contributed by atoms with Crippen molar-refractivity contribution in [3.8, 4) is 33.6 Å². The molecule has 0 saturated heterocycles. The Morgan fingerprint density at radius 2 is 0.714 bits per heavy atom. The summed E-state index contributed by atoms with van der Waals surface area (Å²) in [7, 11) is 0. The van der Waals surface area contributed by atoms with Crippen molar-refractivity contribution in [2.24, 2.45) is 0 Å². The van der Waals surface area contributed by atoms with E-state index in [-0.39, 0.29) is 0 Å². The van der Waals surface area contributed by atoms with Crippen LogP contribution in [0.1, 0.15) is 0 Å². The van der Waals surface area contributed by atoms with Crippen molar-refractivity contribution in [1.29, 1.82) is 0 Å². The summed E-state index contributed by atoms with van der Waals surface area (Å²) in [6, 6.07) is 66.1. The molecule has 4 nitrogen and oxygen atoms in total. The van der Waals surface area contributed by atoms with Crippen LogP contribution in [0, 0.1) is 0 Å². The van der Waals surface area contributed by atoms with Crippen LogP contribution in [0.4, 0.5) is 0 Å². The van der Waals surface area contributed by atoms with E-state index >= 15 is 0 Å². The lowest BCUT2D eigenvalue weighted by molar-refractivity contribution is 1.18. The lowest BCUT2D eigenvalue weighted by Crippen LogP contribution is -1.94. The summed E-state index contributed by atoms with van der Waals surface area (Å²) in [4.78, 5) is 9.59. The van der Waals surface area contributed by atoms with E-state index in [0.29, 0.717) is 0 Å². The molecule has 0 saturated carbocycles. The lowest BCUT2D eigenvalue weighted by atomic mass is 9.95. The van der Waals surface area contributed by atoms with E-state index < -0.39 is 0 Å². The van der Waals surface area contributed by atoms with Gasteiger partial charge < -0.3 is 9.13 Å². The Kier molecular flexibility index (Phi) is 6.60. The van der Waals surface area contributed by atoms with E-state index in [4.69, 9.17) is 9.97 Å². The van der Waals surface area contributed by atoms with Crippen molar-refractivity contribution in [3.05, 3.63) is 194 Å². The van der Waals surface area contributed by atoms with Crippen molar-refractivity contribution in [2.45, 2.75) is 0 Å². The van der Waals surface area contributed by atoms with Gasteiger partial charge in [0.25, 0.3) is 0 Å². The third kappa shape index (κ3) is 4.53. The van der Waals surface area contributed by atoms with Crippen LogP contribution < -0.4 is 0 Å². The van der Waals surface area contributed by atoms with E-state index in [9.17, 15) is 0 Å². The van der Waals surface area contributed by atoms with Crippen molar-refractivity contribution in [1.82, 2.24) is 19.1 Å². The van der Waals surface area contributed by atoms with Crippen LogP contribution in [-0.4, -0.2) is 19.1 Å². The highest BCUT2D eigenvalue weighted by atomic mass is 15.0. The van der Waals surface area contributed by atoms with E-state index in [1.165, 1.54) is 71.2 Å². The minimum absolute atomic E-state index is 0.929. The average Bonchev–Trinajstić information content (AvgIpc) is 3.79. The third-order valence-electron chi connectivity index (χ3n) is 11.6. The van der Waals surface area contributed by atoms with E-state index in [1.807, 2.05) is 0 Å². The molecule has 3 heterocycles. The van der Waals surface area contributed by atoms with Gasteiger partial charge in [0.2, 0.25) is 0 Å². The fourth-order valence-corrected chi connectivity index (χ4v) is 9.07. The van der Waals surface area contributed by atoms with E-state index in [2.05, 4.69) is 191 Å². The maximum atomic E-state index is 4.82. The Morgan fingerprint density at radius 3 is 1.38 bits per heavy atom. The van der Waals surface area contributed by atoms with Gasteiger partial charge in [0.1, 0.15) is 0 Å². The van der Waals surface area contributed by atoms with Crippen molar-refractivity contribution < 1.29 is 0 Å². The molecule has 0 bridgehead atoms. The van der Waals surface area contributed by atoms with Crippen LogP contribution in [-0.2, 0) is 0 Å². The van der Waals surface area contributed by atoms with Crippen molar-refractivity contribution >= 4 is 76.2 Å². The second-order valence-electron chi connectivity index (χ2n) is 14.6. The number of hydrogen-bond donors (Lipinski definition) is 0. The molecule has 260 valence electrons. The number of fused-ring (bicyclic) bond motifs is 12. The first-order chi connectivity index (χ1) is 27.8. The molecule has 3 aromatic heterocycles. The second kappa shape index (κ2) is 12.0. The number of rotatable bonds is 4. The summed E-state index contributed by atoms with van der Waals surface area (Å²) < 4.78 is 4.78. The zero-order valence-electron chi connectivity index (χ0n) is 30.3. The summed E-state index contributed by atoms with van der Waals surface area (Å²) in [5.41, 5.74) is 13.6. The topological polar surface area (TPSA) is 35.6 Å². The average molecular weight is 713 g/mol. The number of hydrogen-bond acceptors (Lipinski definition) is 2. The molecule has 9 aromatic carbocycles. The highest BCUT2D eigenvalue weighted by molar-refractivity contribution is 6.23. The molecule has 0 aliphatic carbocycles. The predicted octanol–water partition coefficient (Wildman–Crippen LogP) is 13.5. The molecule has 0 radical (unpaired) electrons. The summed E-state index contributed by atoms with van der Waals surface area (Å²) in [6.07, 6.45) is 3.58. The molecule has 0 unspecified atom stereocenters. The van der Waals surface area contributed by atoms with Gasteiger partial charge in [-0.3, -0.25) is 9.97 Å². The van der Waals surface area contributed by atoms with Gasteiger partial charge in [-0.2, -0.15) is 0 Å². The first-order valence-corrected chi connectivity index (χ1v) is 19.1. The molecule has 4 heteroatoms. The maximum Gasteiger partial charge on any atom is 0.0971 e. The van der Waals surface area contributed by atoms with Gasteiger partial charge in [0.15, 0.2) is 0 Å². The van der Waals surface area contributed by atoms with Gasteiger partial charge in [-0.05, 0) is 99.8 Å². The van der Waals surface area contributed by atoms with Gasteiger partial charge in [-0.1, -0.05) is 115 Å². The number of nitrogens with zero attached hydrogens (tertiary/aromatic N) is 4. The molecule has 0 fully saturated rings. The molecular formula is C52H32N4. The smallest absolute Gasteiger partial charge is 0.0971 e. The van der Waals surface area contributed by atoms with Crippen LogP contribution in [0.5, 0.6) is 0 Å². The van der Waals surface area contributed by atoms with Crippen LogP contribution in [0.2, 0.25) is 0 Å². The Balaban J connectivity index is 1.00. The maximum absolute atomic E-state index is 4.82. The van der Waals surface area contributed by atoms with Crippen LogP contribution in [0.15, 0.2) is 194 Å². The first-order valence-electron chi connectivity index (χ1n) is 19.1.